The first-order valence-electron chi connectivity index (χ1n) is 5.89. The Bertz CT molecular complexity index is 484. The van der Waals surface area contributed by atoms with Gasteiger partial charge in [0, 0.05) is 39.2 Å². The monoisotopic (exact) mass is 243 g/mol. The minimum Gasteiger partial charge on any atom is -0.370 e. The molecule has 0 aromatic carbocycles. The maximum Gasteiger partial charge on any atom is 0.226 e. The maximum atomic E-state index is 4.39. The summed E-state index contributed by atoms with van der Waals surface area (Å²) in [4.78, 5) is 14.5. The summed E-state index contributed by atoms with van der Waals surface area (Å²) in [5.74, 6) is 1.55. The third-order valence-corrected chi connectivity index (χ3v) is 2.49. The average molecular weight is 243 g/mol. The third-order valence-electron chi connectivity index (χ3n) is 2.49. The summed E-state index contributed by atoms with van der Waals surface area (Å²) in [6, 6.07) is 5.89. The van der Waals surface area contributed by atoms with Crippen LogP contribution in [0.2, 0.25) is 0 Å². The largest absolute Gasteiger partial charge is 0.370 e. The number of hydrogen-bond donors (Lipinski definition) is 1. The molecule has 0 amide bonds. The molecule has 1 N–H and O–H groups in total. The summed E-state index contributed by atoms with van der Waals surface area (Å²) in [7, 11) is 3.85. The molecular formula is C13H17N5. The Morgan fingerprint density at radius 2 is 2.11 bits per heavy atom. The quantitative estimate of drug-likeness (QED) is 0.864. The fourth-order valence-corrected chi connectivity index (χ4v) is 1.54. The Hall–Kier alpha value is -2.17. The second kappa shape index (κ2) is 5.95. The Morgan fingerprint density at radius 3 is 2.83 bits per heavy atom. The second-order valence-electron chi connectivity index (χ2n) is 4.17. The van der Waals surface area contributed by atoms with Crippen molar-refractivity contribution in [3.05, 3.63) is 42.4 Å². The lowest BCUT2D eigenvalue weighted by Gasteiger charge is -2.11. The first-order valence-corrected chi connectivity index (χ1v) is 5.89. The van der Waals surface area contributed by atoms with Crippen LogP contribution in [0.15, 0.2) is 36.8 Å². The lowest BCUT2D eigenvalue weighted by Crippen LogP contribution is -2.14. The van der Waals surface area contributed by atoms with E-state index >= 15 is 0 Å². The van der Waals surface area contributed by atoms with E-state index in [1.807, 2.05) is 37.3 Å². The molecule has 0 aliphatic carbocycles. The van der Waals surface area contributed by atoms with Crippen molar-refractivity contribution in [2.45, 2.75) is 6.42 Å². The van der Waals surface area contributed by atoms with Gasteiger partial charge < -0.3 is 10.2 Å². The van der Waals surface area contributed by atoms with E-state index in [9.17, 15) is 0 Å². The van der Waals surface area contributed by atoms with Gasteiger partial charge in [0.1, 0.15) is 5.82 Å². The first-order chi connectivity index (χ1) is 8.75. The number of hydrogen-bond acceptors (Lipinski definition) is 5. The molecule has 2 aromatic rings. The molecule has 0 atom stereocenters. The molecule has 94 valence electrons. The predicted octanol–water partition coefficient (Wildman–Crippen LogP) is 1.59. The van der Waals surface area contributed by atoms with Crippen LogP contribution in [0.25, 0.3) is 0 Å². The number of anilines is 2. The summed E-state index contributed by atoms with van der Waals surface area (Å²) >= 11 is 0. The summed E-state index contributed by atoms with van der Waals surface area (Å²) in [6.07, 6.45) is 6.35. The van der Waals surface area contributed by atoms with Crippen molar-refractivity contribution in [1.29, 1.82) is 0 Å². The average Bonchev–Trinajstić information content (AvgIpc) is 2.40. The van der Waals surface area contributed by atoms with Gasteiger partial charge in [-0.3, -0.25) is 4.98 Å². The van der Waals surface area contributed by atoms with Gasteiger partial charge in [-0.1, -0.05) is 6.07 Å². The molecule has 0 saturated carbocycles. The molecule has 18 heavy (non-hydrogen) atoms. The van der Waals surface area contributed by atoms with E-state index < -0.39 is 0 Å². The van der Waals surface area contributed by atoms with Crippen LogP contribution in [-0.2, 0) is 6.42 Å². The number of aromatic nitrogens is 3. The highest BCUT2D eigenvalue weighted by Crippen LogP contribution is 2.08. The molecule has 0 radical (unpaired) electrons. The van der Waals surface area contributed by atoms with Crippen molar-refractivity contribution in [3.63, 3.8) is 0 Å². The normalized spacial score (nSPS) is 10.1. The summed E-state index contributed by atoms with van der Waals surface area (Å²) in [5, 5.41) is 3.28. The van der Waals surface area contributed by atoms with Crippen LogP contribution in [0.3, 0.4) is 0 Å². The molecular weight excluding hydrogens is 226 g/mol. The second-order valence-corrected chi connectivity index (χ2v) is 4.17. The fraction of sp³-hybridized carbons (Fsp3) is 0.308. The Balaban J connectivity index is 1.89. The van der Waals surface area contributed by atoms with Gasteiger partial charge in [0.15, 0.2) is 0 Å². The molecule has 2 rings (SSSR count). The van der Waals surface area contributed by atoms with E-state index in [4.69, 9.17) is 0 Å². The van der Waals surface area contributed by atoms with Gasteiger partial charge >= 0.3 is 0 Å². The number of pyridine rings is 1. The number of nitrogens with zero attached hydrogens (tertiary/aromatic N) is 4. The van der Waals surface area contributed by atoms with Gasteiger partial charge in [0.05, 0.1) is 0 Å². The highest BCUT2D eigenvalue weighted by atomic mass is 15.2. The molecule has 0 saturated heterocycles. The lowest BCUT2D eigenvalue weighted by atomic mass is 10.2. The molecule has 2 aromatic heterocycles. The SMILES string of the molecule is CN(C)c1nccc(NCCc2cccnc2)n1. The van der Waals surface area contributed by atoms with Crippen LogP contribution in [0.4, 0.5) is 11.8 Å². The van der Waals surface area contributed by atoms with Gasteiger partial charge in [0.2, 0.25) is 5.95 Å². The third kappa shape index (κ3) is 3.41. The van der Waals surface area contributed by atoms with E-state index in [-0.39, 0.29) is 0 Å². The summed E-state index contributed by atoms with van der Waals surface area (Å²) in [5.41, 5.74) is 1.21. The van der Waals surface area contributed by atoms with E-state index in [2.05, 4.69) is 26.3 Å². The minimum absolute atomic E-state index is 0.710. The molecule has 5 heteroatoms. The number of rotatable bonds is 5. The Labute approximate surface area is 107 Å². The molecule has 0 aliphatic heterocycles. The topological polar surface area (TPSA) is 53.9 Å². The molecule has 0 spiro atoms. The van der Waals surface area contributed by atoms with Crippen LogP contribution in [0.1, 0.15) is 5.56 Å². The van der Waals surface area contributed by atoms with Crippen molar-refractivity contribution in [1.82, 2.24) is 15.0 Å². The zero-order valence-electron chi connectivity index (χ0n) is 10.7. The minimum atomic E-state index is 0.710. The maximum absolute atomic E-state index is 4.39. The fourth-order valence-electron chi connectivity index (χ4n) is 1.54. The smallest absolute Gasteiger partial charge is 0.226 e. The van der Waals surface area contributed by atoms with Crippen molar-refractivity contribution in [3.8, 4) is 0 Å². The van der Waals surface area contributed by atoms with Gasteiger partial charge in [-0.25, -0.2) is 4.98 Å². The molecule has 0 unspecified atom stereocenters. The lowest BCUT2D eigenvalue weighted by molar-refractivity contribution is 0.964. The molecule has 0 bridgehead atoms. The standard InChI is InChI=1S/C13H17N5/c1-18(2)13-16-9-6-12(17-13)15-8-5-11-4-3-7-14-10-11/h3-4,6-7,9-10H,5,8H2,1-2H3,(H,15,16,17). The van der Waals surface area contributed by atoms with Crippen LogP contribution in [-0.4, -0.2) is 35.6 Å². The Morgan fingerprint density at radius 1 is 1.22 bits per heavy atom. The number of nitrogens with one attached hydrogen (secondary N) is 1. The zero-order valence-corrected chi connectivity index (χ0v) is 10.7. The predicted molar refractivity (Wildman–Crippen MR) is 72.8 cm³/mol. The highest BCUT2D eigenvalue weighted by Gasteiger charge is 2.00. The van der Waals surface area contributed by atoms with E-state index in [0.29, 0.717) is 5.95 Å². The van der Waals surface area contributed by atoms with Crippen LogP contribution >= 0.6 is 0 Å². The van der Waals surface area contributed by atoms with E-state index in [1.165, 1.54) is 5.56 Å². The molecule has 2 heterocycles. The molecule has 0 aliphatic rings. The van der Waals surface area contributed by atoms with E-state index in [0.717, 1.165) is 18.8 Å². The first kappa shape index (κ1) is 12.3. The van der Waals surface area contributed by atoms with Crippen molar-refractivity contribution in [2.24, 2.45) is 0 Å². The van der Waals surface area contributed by atoms with Crippen molar-refractivity contribution >= 4 is 11.8 Å². The van der Waals surface area contributed by atoms with Gasteiger partial charge in [0.25, 0.3) is 0 Å². The van der Waals surface area contributed by atoms with Crippen LogP contribution < -0.4 is 10.2 Å². The summed E-state index contributed by atoms with van der Waals surface area (Å²) in [6.45, 7) is 0.829. The Kier molecular flexibility index (Phi) is 4.06. The van der Waals surface area contributed by atoms with Crippen LogP contribution in [0.5, 0.6) is 0 Å². The zero-order chi connectivity index (χ0) is 12.8. The van der Waals surface area contributed by atoms with Crippen molar-refractivity contribution < 1.29 is 0 Å². The van der Waals surface area contributed by atoms with Crippen LogP contribution in [0, 0.1) is 0 Å². The van der Waals surface area contributed by atoms with Gasteiger partial charge in [-0.2, -0.15) is 4.98 Å². The summed E-state index contributed by atoms with van der Waals surface area (Å²) < 4.78 is 0. The van der Waals surface area contributed by atoms with Gasteiger partial charge in [-0.05, 0) is 24.1 Å². The molecule has 5 nitrogen and oxygen atoms in total. The highest BCUT2D eigenvalue weighted by molar-refractivity contribution is 5.40. The van der Waals surface area contributed by atoms with Gasteiger partial charge in [-0.15, -0.1) is 0 Å². The molecule has 0 fully saturated rings. The van der Waals surface area contributed by atoms with Crippen molar-refractivity contribution in [2.75, 3.05) is 30.9 Å². The van der Waals surface area contributed by atoms with E-state index in [1.54, 1.807) is 12.4 Å².